The summed E-state index contributed by atoms with van der Waals surface area (Å²) >= 11 is 1.70. The Bertz CT molecular complexity index is 156. The van der Waals surface area contributed by atoms with E-state index in [0.717, 1.165) is 18.5 Å². The Kier molecular flexibility index (Phi) is 2.81. The van der Waals surface area contributed by atoms with E-state index in [9.17, 15) is 4.79 Å². The molecule has 0 spiro atoms. The third-order valence-corrected chi connectivity index (χ3v) is 2.42. The van der Waals surface area contributed by atoms with Crippen LogP contribution in [-0.2, 0) is 4.79 Å². The van der Waals surface area contributed by atoms with Crippen molar-refractivity contribution >= 4 is 18.0 Å². The molecule has 0 bridgehead atoms. The van der Waals surface area contributed by atoms with E-state index in [2.05, 4.69) is 17.6 Å². The highest BCUT2D eigenvalue weighted by Crippen LogP contribution is 2.15. The molecule has 1 atom stereocenters. The van der Waals surface area contributed by atoms with Gasteiger partial charge in [-0.15, -0.1) is 11.8 Å². The van der Waals surface area contributed by atoms with Gasteiger partial charge in [0.15, 0.2) is 0 Å². The van der Waals surface area contributed by atoms with Crippen molar-refractivity contribution in [2.75, 3.05) is 5.75 Å². The summed E-state index contributed by atoms with van der Waals surface area (Å²) in [5, 5.41) is 5.21. The highest BCUT2D eigenvalue weighted by atomic mass is 32.2. The van der Waals surface area contributed by atoms with Crippen LogP contribution in [0.3, 0.4) is 0 Å². The number of nitrogens with one attached hydrogen (secondary N) is 1. The number of carbonyl (C=O) groups is 1. The van der Waals surface area contributed by atoms with Crippen LogP contribution >= 0.6 is 11.8 Å². The SMILES string of the molecule is CCC1=CSCC(C=O)N1. The van der Waals surface area contributed by atoms with Gasteiger partial charge in [0.05, 0.1) is 6.04 Å². The van der Waals surface area contributed by atoms with Gasteiger partial charge in [-0.05, 0) is 11.8 Å². The van der Waals surface area contributed by atoms with E-state index in [1.807, 2.05) is 0 Å². The molecule has 56 valence electrons. The Morgan fingerprint density at radius 3 is 3.40 bits per heavy atom. The van der Waals surface area contributed by atoms with E-state index in [1.54, 1.807) is 11.8 Å². The predicted octanol–water partition coefficient (Wildman–Crippen LogP) is 1.14. The molecule has 1 aliphatic rings. The molecule has 1 unspecified atom stereocenters. The fraction of sp³-hybridized carbons (Fsp3) is 0.571. The Morgan fingerprint density at radius 1 is 2.00 bits per heavy atom. The van der Waals surface area contributed by atoms with Gasteiger partial charge in [0.2, 0.25) is 0 Å². The van der Waals surface area contributed by atoms with Crippen LogP contribution in [0, 0.1) is 0 Å². The Morgan fingerprint density at radius 2 is 2.80 bits per heavy atom. The van der Waals surface area contributed by atoms with Crippen LogP contribution in [0.1, 0.15) is 13.3 Å². The van der Waals surface area contributed by atoms with Crippen LogP contribution in [0.4, 0.5) is 0 Å². The van der Waals surface area contributed by atoms with Crippen LogP contribution in [0.25, 0.3) is 0 Å². The highest BCUT2D eigenvalue weighted by Gasteiger charge is 2.11. The lowest BCUT2D eigenvalue weighted by atomic mass is 10.3. The first-order chi connectivity index (χ1) is 4.86. The van der Waals surface area contributed by atoms with E-state index >= 15 is 0 Å². The fourth-order valence-corrected chi connectivity index (χ4v) is 1.73. The first kappa shape index (κ1) is 7.66. The zero-order valence-electron chi connectivity index (χ0n) is 5.96. The van der Waals surface area contributed by atoms with Crippen LogP contribution in [0.15, 0.2) is 11.1 Å². The van der Waals surface area contributed by atoms with Crippen LogP contribution < -0.4 is 5.32 Å². The summed E-state index contributed by atoms with van der Waals surface area (Å²) in [5.74, 6) is 0.868. The van der Waals surface area contributed by atoms with Crippen LogP contribution in [-0.4, -0.2) is 18.1 Å². The van der Waals surface area contributed by atoms with Crippen molar-refractivity contribution < 1.29 is 4.79 Å². The van der Waals surface area contributed by atoms with E-state index < -0.39 is 0 Å². The summed E-state index contributed by atoms with van der Waals surface area (Å²) in [6, 6.07) is 0.0324. The maximum atomic E-state index is 10.3. The number of allylic oxidation sites excluding steroid dienone is 1. The lowest BCUT2D eigenvalue weighted by Crippen LogP contribution is -2.34. The van der Waals surface area contributed by atoms with E-state index in [1.165, 1.54) is 5.70 Å². The first-order valence-corrected chi connectivity index (χ1v) is 4.44. The zero-order chi connectivity index (χ0) is 7.40. The van der Waals surface area contributed by atoms with Gasteiger partial charge in [-0.2, -0.15) is 0 Å². The smallest absolute Gasteiger partial charge is 0.143 e. The minimum absolute atomic E-state index is 0.0324. The van der Waals surface area contributed by atoms with Crippen molar-refractivity contribution in [3.63, 3.8) is 0 Å². The minimum atomic E-state index is 0.0324. The molecule has 0 amide bonds. The van der Waals surface area contributed by atoms with Gasteiger partial charge in [-0.3, -0.25) is 0 Å². The first-order valence-electron chi connectivity index (χ1n) is 3.39. The zero-order valence-corrected chi connectivity index (χ0v) is 6.78. The number of hydrogen-bond acceptors (Lipinski definition) is 3. The molecule has 1 rings (SSSR count). The fourth-order valence-electron chi connectivity index (χ4n) is 0.825. The number of rotatable bonds is 2. The van der Waals surface area contributed by atoms with Crippen LogP contribution in [0.5, 0.6) is 0 Å². The van der Waals surface area contributed by atoms with Crippen molar-refractivity contribution in [2.45, 2.75) is 19.4 Å². The van der Waals surface area contributed by atoms with Gasteiger partial charge in [0.1, 0.15) is 6.29 Å². The predicted molar refractivity (Wildman–Crippen MR) is 43.8 cm³/mol. The normalized spacial score (nSPS) is 24.9. The molecule has 0 radical (unpaired) electrons. The largest absolute Gasteiger partial charge is 0.378 e. The van der Waals surface area contributed by atoms with Crippen molar-refractivity contribution in [1.29, 1.82) is 0 Å². The van der Waals surface area contributed by atoms with Gasteiger partial charge in [0, 0.05) is 11.4 Å². The monoisotopic (exact) mass is 157 g/mol. The Hall–Kier alpha value is -0.440. The molecule has 0 saturated heterocycles. The summed E-state index contributed by atoms with van der Waals surface area (Å²) in [6.07, 6.45) is 1.95. The molecule has 1 heterocycles. The molecular weight excluding hydrogens is 146 g/mol. The summed E-state index contributed by atoms with van der Waals surface area (Å²) in [5.41, 5.74) is 1.17. The molecule has 0 aromatic rings. The van der Waals surface area contributed by atoms with Gasteiger partial charge in [-0.1, -0.05) is 6.92 Å². The topological polar surface area (TPSA) is 29.1 Å². The van der Waals surface area contributed by atoms with Gasteiger partial charge >= 0.3 is 0 Å². The maximum absolute atomic E-state index is 10.3. The number of hydrogen-bond donors (Lipinski definition) is 1. The molecule has 0 aromatic heterocycles. The van der Waals surface area contributed by atoms with Crippen molar-refractivity contribution in [1.82, 2.24) is 5.32 Å². The molecule has 2 nitrogen and oxygen atoms in total. The third-order valence-electron chi connectivity index (χ3n) is 1.42. The molecule has 0 saturated carbocycles. The summed E-state index contributed by atoms with van der Waals surface area (Å²) in [4.78, 5) is 10.3. The van der Waals surface area contributed by atoms with E-state index in [0.29, 0.717) is 0 Å². The molecule has 10 heavy (non-hydrogen) atoms. The van der Waals surface area contributed by atoms with Crippen LogP contribution in [0.2, 0.25) is 0 Å². The van der Waals surface area contributed by atoms with Gasteiger partial charge in [-0.25, -0.2) is 0 Å². The molecule has 1 N–H and O–H groups in total. The molecule has 3 heteroatoms. The molecule has 1 aliphatic heterocycles. The average molecular weight is 157 g/mol. The second-order valence-electron chi connectivity index (χ2n) is 2.22. The molecule has 0 aliphatic carbocycles. The Labute approximate surface area is 65.1 Å². The quantitative estimate of drug-likeness (QED) is 0.609. The number of thioether (sulfide) groups is 1. The van der Waals surface area contributed by atoms with Gasteiger partial charge < -0.3 is 10.1 Å². The maximum Gasteiger partial charge on any atom is 0.143 e. The third kappa shape index (κ3) is 1.77. The summed E-state index contributed by atoms with van der Waals surface area (Å²) in [6.45, 7) is 2.08. The summed E-state index contributed by atoms with van der Waals surface area (Å²) in [7, 11) is 0. The van der Waals surface area contributed by atoms with Crippen molar-refractivity contribution in [3.05, 3.63) is 11.1 Å². The Balaban J connectivity index is 2.47. The number of carbonyl (C=O) groups excluding carboxylic acids is 1. The lowest BCUT2D eigenvalue weighted by molar-refractivity contribution is -0.109. The molecule has 0 fully saturated rings. The van der Waals surface area contributed by atoms with E-state index in [-0.39, 0.29) is 6.04 Å². The van der Waals surface area contributed by atoms with Gasteiger partial charge in [0.25, 0.3) is 0 Å². The standard InChI is InChI=1S/C7H11NOS/c1-2-6-4-10-5-7(3-9)8-6/h3-4,7-8H,2,5H2,1H3. The second-order valence-corrected chi connectivity index (χ2v) is 3.12. The second kappa shape index (κ2) is 3.66. The summed E-state index contributed by atoms with van der Waals surface area (Å²) < 4.78 is 0. The molecule has 0 aromatic carbocycles. The lowest BCUT2D eigenvalue weighted by Gasteiger charge is -2.19. The average Bonchev–Trinajstić information content (AvgIpc) is 2.05. The van der Waals surface area contributed by atoms with Crippen molar-refractivity contribution in [2.24, 2.45) is 0 Å². The molecular formula is C7H11NOS. The minimum Gasteiger partial charge on any atom is -0.378 e. The number of aldehydes is 1. The van der Waals surface area contributed by atoms with E-state index in [4.69, 9.17) is 0 Å². The highest BCUT2D eigenvalue weighted by molar-refractivity contribution is 8.02. The van der Waals surface area contributed by atoms with Crippen molar-refractivity contribution in [3.8, 4) is 0 Å².